The summed E-state index contributed by atoms with van der Waals surface area (Å²) < 4.78 is 5.96. The van der Waals surface area contributed by atoms with E-state index >= 15 is 0 Å². The Bertz CT molecular complexity index is 399. The van der Waals surface area contributed by atoms with Crippen molar-refractivity contribution in [2.75, 3.05) is 7.11 Å². The first-order chi connectivity index (χ1) is 7.13. The van der Waals surface area contributed by atoms with Crippen molar-refractivity contribution in [2.45, 2.75) is 0 Å². The summed E-state index contributed by atoms with van der Waals surface area (Å²) in [4.78, 5) is 0. The topological polar surface area (TPSA) is 87.6 Å². The van der Waals surface area contributed by atoms with Crippen LogP contribution in [0.4, 0.5) is 0 Å². The number of halogens is 1. The van der Waals surface area contributed by atoms with Crippen molar-refractivity contribution >= 4 is 28.1 Å². The number of guanidine groups is 1. The molecule has 0 aromatic heterocycles. The van der Waals surface area contributed by atoms with Gasteiger partial charge in [0.15, 0.2) is 0 Å². The largest absolute Gasteiger partial charge is 0.496 e. The highest BCUT2D eigenvalue weighted by atomic mass is 79.9. The Morgan fingerprint density at radius 2 is 2.27 bits per heavy atom. The molecule has 1 rings (SSSR count). The first-order valence-corrected chi connectivity index (χ1v) is 4.93. The second kappa shape index (κ2) is 5.35. The molecule has 0 fully saturated rings. The Morgan fingerprint density at radius 3 is 2.80 bits per heavy atom. The highest BCUT2D eigenvalue weighted by molar-refractivity contribution is 9.10. The Kier molecular flexibility index (Phi) is 4.11. The van der Waals surface area contributed by atoms with E-state index in [0.717, 1.165) is 15.8 Å². The summed E-state index contributed by atoms with van der Waals surface area (Å²) in [6.45, 7) is 0. The third-order valence-corrected chi connectivity index (χ3v) is 2.22. The highest BCUT2D eigenvalue weighted by Gasteiger charge is 2.00. The van der Waals surface area contributed by atoms with E-state index < -0.39 is 0 Å². The van der Waals surface area contributed by atoms with Gasteiger partial charge in [-0.1, -0.05) is 0 Å². The molecule has 0 aliphatic rings. The van der Waals surface area contributed by atoms with Crippen molar-refractivity contribution < 1.29 is 9.84 Å². The summed E-state index contributed by atoms with van der Waals surface area (Å²) in [5, 5.41) is 6.23. The molecule has 0 amide bonds. The van der Waals surface area contributed by atoms with Crippen LogP contribution in [-0.2, 0) is 0 Å². The Morgan fingerprint density at radius 1 is 1.53 bits per heavy atom. The van der Waals surface area contributed by atoms with E-state index in [1.165, 1.54) is 0 Å². The number of nitrogens with two attached hydrogens (primary N) is 2. The number of rotatable bonds is 3. The zero-order valence-electron chi connectivity index (χ0n) is 8.20. The standard InChI is InChI=1S/C9H11BrN4O/c1-15-8-3-2-6(4-7(8)10)5-13-14-9(11)12/h2-5H,1H3,(H4,11,12,14)/p+1/b13-5+. The van der Waals surface area contributed by atoms with E-state index in [-0.39, 0.29) is 5.96 Å². The van der Waals surface area contributed by atoms with Crippen LogP contribution in [0.3, 0.4) is 0 Å². The van der Waals surface area contributed by atoms with Crippen LogP contribution in [0.15, 0.2) is 27.8 Å². The van der Waals surface area contributed by atoms with Crippen molar-refractivity contribution in [3.8, 4) is 5.75 Å². The smallest absolute Gasteiger partial charge is 0.256 e. The van der Waals surface area contributed by atoms with Crippen molar-refractivity contribution in [3.63, 3.8) is 0 Å². The van der Waals surface area contributed by atoms with Gasteiger partial charge in [-0.15, -0.1) is 5.10 Å². The Hall–Kier alpha value is -1.56. The van der Waals surface area contributed by atoms with Crippen LogP contribution in [0, 0.1) is 0 Å². The number of hydrogen-bond acceptors (Lipinski definition) is 2. The van der Waals surface area contributed by atoms with E-state index in [0.29, 0.717) is 0 Å². The minimum Gasteiger partial charge on any atom is -0.496 e. The maximum atomic E-state index is 5.15. The molecule has 5 N–H and O–H groups in total. The third kappa shape index (κ3) is 3.59. The zero-order valence-corrected chi connectivity index (χ0v) is 9.78. The first-order valence-electron chi connectivity index (χ1n) is 4.14. The van der Waals surface area contributed by atoms with E-state index in [1.54, 1.807) is 13.3 Å². The highest BCUT2D eigenvalue weighted by Crippen LogP contribution is 2.24. The molecule has 80 valence electrons. The molecule has 0 saturated heterocycles. The molecule has 0 unspecified atom stereocenters. The summed E-state index contributed by atoms with van der Waals surface area (Å²) in [6.07, 6.45) is 1.67. The fourth-order valence-electron chi connectivity index (χ4n) is 0.954. The fraction of sp³-hybridized carbons (Fsp3) is 0.111. The van der Waals surface area contributed by atoms with Gasteiger partial charge in [-0.05, 0) is 34.1 Å². The monoisotopic (exact) mass is 271 g/mol. The van der Waals surface area contributed by atoms with Crippen LogP contribution in [0.1, 0.15) is 5.56 Å². The fourth-order valence-corrected chi connectivity index (χ4v) is 1.51. The van der Waals surface area contributed by atoms with Crippen LogP contribution >= 0.6 is 15.9 Å². The molecule has 6 heteroatoms. The van der Waals surface area contributed by atoms with Crippen LogP contribution < -0.4 is 21.3 Å². The van der Waals surface area contributed by atoms with Gasteiger partial charge in [-0.25, -0.2) is 0 Å². The van der Waals surface area contributed by atoms with Gasteiger partial charge in [0.2, 0.25) is 6.21 Å². The van der Waals surface area contributed by atoms with E-state index in [1.807, 2.05) is 18.2 Å². The lowest BCUT2D eigenvalue weighted by Gasteiger charge is -2.01. The molecule has 0 aliphatic carbocycles. The minimum absolute atomic E-state index is 0.0150. The van der Waals surface area contributed by atoms with Crippen LogP contribution in [0.25, 0.3) is 0 Å². The SMILES string of the molecule is COc1ccc(/C=[NH+]/N=C(N)N)cc1Br. The van der Waals surface area contributed by atoms with E-state index in [2.05, 4.69) is 26.1 Å². The molecule has 0 spiro atoms. The van der Waals surface area contributed by atoms with Gasteiger partial charge in [-0.3, -0.25) is 0 Å². The van der Waals surface area contributed by atoms with Gasteiger partial charge < -0.3 is 16.2 Å². The van der Waals surface area contributed by atoms with Gasteiger partial charge in [0.25, 0.3) is 5.96 Å². The molecule has 0 heterocycles. The molecule has 15 heavy (non-hydrogen) atoms. The van der Waals surface area contributed by atoms with E-state index in [4.69, 9.17) is 16.2 Å². The normalized spacial score (nSPS) is 10.3. The number of hydrazone groups is 1. The molecule has 0 radical (unpaired) electrons. The summed E-state index contributed by atoms with van der Waals surface area (Å²) in [5.41, 5.74) is 11.2. The second-order valence-corrected chi connectivity index (χ2v) is 3.56. The second-order valence-electron chi connectivity index (χ2n) is 2.70. The predicted molar refractivity (Wildman–Crippen MR) is 62.6 cm³/mol. The van der Waals surface area contributed by atoms with Gasteiger partial charge in [0.05, 0.1) is 11.6 Å². The van der Waals surface area contributed by atoms with E-state index in [9.17, 15) is 0 Å². The minimum atomic E-state index is -0.0150. The Labute approximate surface area is 95.9 Å². The molecule has 0 aliphatic heterocycles. The number of benzene rings is 1. The lowest BCUT2D eigenvalue weighted by Crippen LogP contribution is -2.63. The summed E-state index contributed by atoms with van der Waals surface area (Å²) in [7, 11) is 1.61. The van der Waals surface area contributed by atoms with Crippen molar-refractivity contribution in [2.24, 2.45) is 16.6 Å². The maximum absolute atomic E-state index is 5.15. The average Bonchev–Trinajstić information content (AvgIpc) is 2.17. The molecule has 0 bridgehead atoms. The van der Waals surface area contributed by atoms with Gasteiger partial charge in [0.1, 0.15) is 5.75 Å². The molecule has 1 aromatic rings. The molecular formula is C9H12BrN4O+. The molecular weight excluding hydrogens is 260 g/mol. The van der Waals surface area contributed by atoms with Gasteiger partial charge in [-0.2, -0.15) is 0 Å². The van der Waals surface area contributed by atoms with Crippen molar-refractivity contribution in [3.05, 3.63) is 28.2 Å². The maximum Gasteiger partial charge on any atom is 0.256 e. The number of ether oxygens (including phenoxy) is 1. The summed E-state index contributed by atoms with van der Waals surface area (Å²) in [5.74, 6) is 0.757. The van der Waals surface area contributed by atoms with Crippen LogP contribution in [0.2, 0.25) is 0 Å². The van der Waals surface area contributed by atoms with Crippen molar-refractivity contribution in [1.29, 1.82) is 0 Å². The molecule has 1 aromatic carbocycles. The van der Waals surface area contributed by atoms with Crippen LogP contribution in [-0.4, -0.2) is 19.3 Å². The Balaban J connectivity index is 2.84. The lowest BCUT2D eigenvalue weighted by atomic mass is 10.2. The summed E-state index contributed by atoms with van der Waals surface area (Å²) >= 11 is 3.37. The summed E-state index contributed by atoms with van der Waals surface area (Å²) in [6, 6.07) is 5.60. The third-order valence-electron chi connectivity index (χ3n) is 1.60. The van der Waals surface area contributed by atoms with Gasteiger partial charge >= 0.3 is 0 Å². The van der Waals surface area contributed by atoms with Crippen LogP contribution in [0.5, 0.6) is 5.75 Å². The average molecular weight is 272 g/mol. The molecule has 0 atom stereocenters. The number of nitrogens with one attached hydrogen (secondary N) is 1. The zero-order chi connectivity index (χ0) is 11.3. The number of nitrogens with zero attached hydrogens (tertiary/aromatic N) is 1. The van der Waals surface area contributed by atoms with Crippen molar-refractivity contribution in [1.82, 2.24) is 0 Å². The number of methoxy groups -OCH3 is 1. The first kappa shape index (κ1) is 11.5. The molecule has 0 saturated carbocycles. The van der Waals surface area contributed by atoms with Gasteiger partial charge in [0, 0.05) is 10.7 Å². The molecule has 5 nitrogen and oxygen atoms in total. The predicted octanol–water partition coefficient (Wildman–Crippen LogP) is -0.854. The lowest BCUT2D eigenvalue weighted by molar-refractivity contribution is -0.456. The number of hydrogen-bond donors (Lipinski definition) is 3. The quantitative estimate of drug-likeness (QED) is 0.380.